The third-order valence-electron chi connectivity index (χ3n) is 4.96. The highest BCUT2D eigenvalue weighted by Gasteiger charge is 2.49. The highest BCUT2D eigenvalue weighted by Crippen LogP contribution is 2.36. The van der Waals surface area contributed by atoms with E-state index in [0.717, 1.165) is 6.42 Å². The molecule has 1 nitrogen and oxygen atoms in total. The first-order valence-electron chi connectivity index (χ1n) is 10.2. The van der Waals surface area contributed by atoms with Crippen LogP contribution in [0.4, 0.5) is 0 Å². The van der Waals surface area contributed by atoms with Gasteiger partial charge in [0.2, 0.25) is 0 Å². The molecule has 2 heteroatoms. The Morgan fingerprint density at radius 3 is 1.89 bits per heavy atom. The maximum absolute atomic E-state index is 6.88. The van der Waals surface area contributed by atoms with Gasteiger partial charge in [-0.1, -0.05) is 124 Å². The van der Waals surface area contributed by atoms with E-state index in [9.17, 15) is 0 Å². The molecule has 0 fully saturated rings. The van der Waals surface area contributed by atoms with E-state index >= 15 is 0 Å². The van der Waals surface area contributed by atoms with Crippen LogP contribution in [-0.4, -0.2) is 14.9 Å². The Morgan fingerprint density at radius 2 is 1.43 bits per heavy atom. The Labute approximate surface area is 172 Å². The molecule has 2 aromatic rings. The summed E-state index contributed by atoms with van der Waals surface area (Å²) in [5, 5.41) is 2.65. The van der Waals surface area contributed by atoms with Crippen molar-refractivity contribution in [1.29, 1.82) is 0 Å². The average molecular weight is 391 g/mol. The maximum Gasteiger partial charge on any atom is 0.261 e. The van der Waals surface area contributed by atoms with Gasteiger partial charge in [0.15, 0.2) is 0 Å². The van der Waals surface area contributed by atoms with Crippen molar-refractivity contribution in [3.8, 4) is 0 Å². The van der Waals surface area contributed by atoms with Gasteiger partial charge < -0.3 is 4.43 Å². The molecule has 0 saturated carbocycles. The molecule has 2 rings (SSSR count). The summed E-state index contributed by atoms with van der Waals surface area (Å²) in [6.45, 7) is 11.8. The Bertz CT molecular complexity index is 756. The van der Waals surface area contributed by atoms with Crippen molar-refractivity contribution < 1.29 is 4.43 Å². The molecule has 28 heavy (non-hydrogen) atoms. The molecule has 2 aromatic carbocycles. The third-order valence-corrected chi connectivity index (χ3v) is 9.97. The molecule has 0 N–H and O–H groups in total. The van der Waals surface area contributed by atoms with Crippen molar-refractivity contribution in [2.24, 2.45) is 0 Å². The van der Waals surface area contributed by atoms with Gasteiger partial charge in [-0.3, -0.25) is 0 Å². The number of allylic oxidation sites excluding steroid dienone is 5. The first kappa shape index (κ1) is 22.1. The van der Waals surface area contributed by atoms with Gasteiger partial charge in [-0.2, -0.15) is 0 Å². The van der Waals surface area contributed by atoms with Crippen molar-refractivity contribution in [3.05, 3.63) is 96.6 Å². The fraction of sp³-hybridized carbons (Fsp3) is 0.308. The van der Waals surface area contributed by atoms with E-state index in [1.165, 1.54) is 15.9 Å². The fourth-order valence-electron chi connectivity index (χ4n) is 3.55. The molecule has 0 bridgehead atoms. The Balaban J connectivity index is 2.39. The highest BCUT2D eigenvalue weighted by molar-refractivity contribution is 6.99. The number of rotatable bonds is 8. The molecular formula is C26H34OSi. The SMILES string of the molecule is CC/C=C/C=C/C(C)=C/CO[Si](c1ccccc1)(c1ccccc1)C(C)(C)C. The second-order valence-electron chi connectivity index (χ2n) is 8.12. The molecule has 0 aromatic heterocycles. The monoisotopic (exact) mass is 390 g/mol. The molecule has 0 aliphatic carbocycles. The predicted octanol–water partition coefficient (Wildman–Crippen LogP) is 6.03. The maximum atomic E-state index is 6.88. The standard InChI is InChI=1S/C26H34OSi/c1-6-7-8-11-16-23(2)21-22-27-28(26(3,4)5,24-17-12-9-13-18-24)25-19-14-10-15-20-25/h7-21H,6,22H2,1-5H3/b8-7+,16-11+,23-21+. The lowest BCUT2D eigenvalue weighted by atomic mass is 10.2. The zero-order chi connectivity index (χ0) is 20.5. The highest BCUT2D eigenvalue weighted by atomic mass is 28.4. The Morgan fingerprint density at radius 1 is 0.893 bits per heavy atom. The number of hydrogen-bond donors (Lipinski definition) is 0. The number of hydrogen-bond acceptors (Lipinski definition) is 1. The molecule has 148 valence electrons. The van der Waals surface area contributed by atoms with E-state index in [0.29, 0.717) is 6.61 Å². The van der Waals surface area contributed by atoms with Crippen molar-refractivity contribution >= 4 is 18.7 Å². The Kier molecular flexibility index (Phi) is 8.22. The zero-order valence-corrected chi connectivity index (χ0v) is 19.0. The van der Waals surface area contributed by atoms with Gasteiger partial charge in [0, 0.05) is 0 Å². The smallest absolute Gasteiger partial charge is 0.261 e. The molecule has 0 radical (unpaired) electrons. The molecule has 0 aliphatic rings. The van der Waals surface area contributed by atoms with Crippen LogP contribution in [0.2, 0.25) is 5.04 Å². The van der Waals surface area contributed by atoms with Crippen LogP contribution < -0.4 is 10.4 Å². The summed E-state index contributed by atoms with van der Waals surface area (Å²) >= 11 is 0. The van der Waals surface area contributed by atoms with Crippen LogP contribution in [0.5, 0.6) is 0 Å². The molecule has 0 atom stereocenters. The zero-order valence-electron chi connectivity index (χ0n) is 18.0. The molecule has 0 aliphatic heterocycles. The summed E-state index contributed by atoms with van der Waals surface area (Å²) in [4.78, 5) is 0. The number of benzene rings is 2. The molecule has 0 heterocycles. The van der Waals surface area contributed by atoms with E-state index < -0.39 is 8.32 Å². The third kappa shape index (κ3) is 5.43. The summed E-state index contributed by atoms with van der Waals surface area (Å²) in [7, 11) is -2.44. The molecule has 0 saturated heterocycles. The van der Waals surface area contributed by atoms with Crippen LogP contribution in [0, 0.1) is 0 Å². The van der Waals surface area contributed by atoms with E-state index in [1.807, 2.05) is 0 Å². The normalized spacial score (nSPS) is 13.5. The van der Waals surface area contributed by atoms with Gasteiger partial charge >= 0.3 is 0 Å². The van der Waals surface area contributed by atoms with Gasteiger partial charge in [-0.05, 0) is 28.8 Å². The van der Waals surface area contributed by atoms with Crippen LogP contribution >= 0.6 is 0 Å². The van der Waals surface area contributed by atoms with Crippen LogP contribution in [0.3, 0.4) is 0 Å². The Hall–Kier alpha value is -2.16. The van der Waals surface area contributed by atoms with E-state index in [4.69, 9.17) is 4.43 Å². The molecule has 0 amide bonds. The fourth-order valence-corrected chi connectivity index (χ4v) is 8.04. The van der Waals surface area contributed by atoms with Crippen molar-refractivity contribution in [2.45, 2.75) is 46.1 Å². The van der Waals surface area contributed by atoms with E-state index in [1.54, 1.807) is 0 Å². The van der Waals surface area contributed by atoms with E-state index in [-0.39, 0.29) is 5.04 Å². The summed E-state index contributed by atoms with van der Waals surface area (Å²) in [6.07, 6.45) is 11.7. The molecule has 0 unspecified atom stereocenters. The lowest BCUT2D eigenvalue weighted by molar-refractivity contribution is 0.339. The van der Waals surface area contributed by atoms with Gasteiger partial charge in [0.1, 0.15) is 0 Å². The summed E-state index contributed by atoms with van der Waals surface area (Å²) in [5.41, 5.74) is 1.22. The summed E-state index contributed by atoms with van der Waals surface area (Å²) < 4.78 is 6.88. The van der Waals surface area contributed by atoms with Gasteiger partial charge in [0.25, 0.3) is 8.32 Å². The van der Waals surface area contributed by atoms with Gasteiger partial charge in [-0.25, -0.2) is 0 Å². The molecule has 0 spiro atoms. The lowest BCUT2D eigenvalue weighted by Crippen LogP contribution is -2.66. The van der Waals surface area contributed by atoms with Crippen LogP contribution in [0.1, 0.15) is 41.0 Å². The van der Waals surface area contributed by atoms with Crippen LogP contribution in [0.15, 0.2) is 96.6 Å². The summed E-state index contributed by atoms with van der Waals surface area (Å²) in [5.74, 6) is 0. The van der Waals surface area contributed by atoms with Gasteiger partial charge in [0.05, 0.1) is 6.61 Å². The van der Waals surface area contributed by atoms with Crippen LogP contribution in [0.25, 0.3) is 0 Å². The quantitative estimate of drug-likeness (QED) is 0.395. The minimum absolute atomic E-state index is 0.0111. The average Bonchev–Trinajstić information content (AvgIpc) is 2.69. The first-order chi connectivity index (χ1) is 13.4. The second-order valence-corrected chi connectivity index (χ2v) is 12.4. The summed E-state index contributed by atoms with van der Waals surface area (Å²) in [6, 6.07) is 21.6. The second kappa shape index (κ2) is 10.4. The minimum atomic E-state index is -2.44. The van der Waals surface area contributed by atoms with Crippen molar-refractivity contribution in [1.82, 2.24) is 0 Å². The minimum Gasteiger partial charge on any atom is -0.404 e. The molecular weight excluding hydrogens is 356 g/mol. The van der Waals surface area contributed by atoms with E-state index in [2.05, 4.69) is 126 Å². The lowest BCUT2D eigenvalue weighted by Gasteiger charge is -2.42. The first-order valence-corrected chi connectivity index (χ1v) is 12.1. The van der Waals surface area contributed by atoms with Crippen LogP contribution in [-0.2, 0) is 4.43 Å². The predicted molar refractivity (Wildman–Crippen MR) is 126 cm³/mol. The van der Waals surface area contributed by atoms with Crippen molar-refractivity contribution in [2.75, 3.05) is 6.61 Å². The topological polar surface area (TPSA) is 9.23 Å². The van der Waals surface area contributed by atoms with Gasteiger partial charge in [-0.15, -0.1) is 0 Å². The largest absolute Gasteiger partial charge is 0.404 e. The van der Waals surface area contributed by atoms with Crippen molar-refractivity contribution in [3.63, 3.8) is 0 Å².